The van der Waals surface area contributed by atoms with Crippen LogP contribution in [-0.2, 0) is 6.54 Å². The number of para-hydroxylation sites is 2. The number of halogens is 1. The minimum absolute atomic E-state index is 0.0491. The van der Waals surface area contributed by atoms with Gasteiger partial charge in [0.05, 0.1) is 27.7 Å². The number of aryl methyl sites for hydroxylation is 1. The lowest BCUT2D eigenvalue weighted by molar-refractivity contribution is 0.242. The number of nitrogens with zero attached hydrogens (tertiary/aromatic N) is 3. The van der Waals surface area contributed by atoms with E-state index in [1.807, 2.05) is 61.7 Å². The molecule has 0 atom stereocenters. The van der Waals surface area contributed by atoms with Gasteiger partial charge in [-0.25, -0.2) is 4.98 Å². The molecule has 4 nitrogen and oxygen atoms in total. The van der Waals surface area contributed by atoms with E-state index in [-0.39, 0.29) is 6.10 Å². The lowest BCUT2D eigenvalue weighted by Crippen LogP contribution is -2.05. The summed E-state index contributed by atoms with van der Waals surface area (Å²) in [6, 6.07) is 15.7. The van der Waals surface area contributed by atoms with Crippen LogP contribution in [0.15, 0.2) is 42.5 Å². The van der Waals surface area contributed by atoms with Crippen LogP contribution in [0.4, 0.5) is 0 Å². The summed E-state index contributed by atoms with van der Waals surface area (Å²) in [5, 5.41) is 10.2. The summed E-state index contributed by atoms with van der Waals surface area (Å²) in [5.74, 6) is 1.30. The summed E-state index contributed by atoms with van der Waals surface area (Å²) in [4.78, 5) is 4.64. The molecule has 0 N–H and O–H groups in total. The molecular formula is C21H20ClN3O. The summed E-state index contributed by atoms with van der Waals surface area (Å²) in [5.41, 5.74) is 3.23. The Morgan fingerprint density at radius 1 is 1.31 bits per heavy atom. The molecule has 3 aromatic rings. The van der Waals surface area contributed by atoms with E-state index in [1.54, 1.807) is 12.1 Å². The molecule has 3 rings (SSSR count). The molecule has 0 saturated carbocycles. The molecule has 0 aliphatic heterocycles. The molecule has 0 amide bonds. The number of hydrogen-bond acceptors (Lipinski definition) is 3. The Hall–Kier alpha value is -2.77. The normalized spacial score (nSPS) is 11.8. The zero-order valence-corrected chi connectivity index (χ0v) is 15.8. The van der Waals surface area contributed by atoms with Crippen molar-refractivity contribution in [2.24, 2.45) is 0 Å². The smallest absolute Gasteiger partial charge is 0.151 e. The fourth-order valence-electron chi connectivity index (χ4n) is 2.87. The van der Waals surface area contributed by atoms with E-state index >= 15 is 0 Å². The maximum atomic E-state index is 9.70. The van der Waals surface area contributed by atoms with Gasteiger partial charge in [0, 0.05) is 6.54 Å². The van der Waals surface area contributed by atoms with Crippen LogP contribution >= 0.6 is 11.6 Å². The number of ether oxygens (including phenoxy) is 1. The highest BCUT2D eigenvalue weighted by Gasteiger charge is 2.14. The fourth-order valence-corrected chi connectivity index (χ4v) is 3.10. The summed E-state index contributed by atoms with van der Waals surface area (Å²) < 4.78 is 7.70. The SMILES string of the molecule is CCn1c(/C(C#N)=C\c2ccc(OC(C)C)c(Cl)c2)nc2ccccc21. The van der Waals surface area contributed by atoms with E-state index in [0.717, 1.165) is 23.1 Å². The summed E-state index contributed by atoms with van der Waals surface area (Å²) in [7, 11) is 0. The van der Waals surface area contributed by atoms with Gasteiger partial charge < -0.3 is 9.30 Å². The lowest BCUT2D eigenvalue weighted by Gasteiger charge is -2.11. The third kappa shape index (κ3) is 3.58. The molecule has 0 saturated heterocycles. The van der Waals surface area contributed by atoms with Crippen LogP contribution in [0.5, 0.6) is 5.75 Å². The predicted octanol–water partition coefficient (Wildman–Crippen LogP) is 5.56. The Kier molecular flexibility index (Phi) is 5.29. The Bertz CT molecular complexity index is 1010. The highest BCUT2D eigenvalue weighted by molar-refractivity contribution is 6.32. The van der Waals surface area contributed by atoms with Gasteiger partial charge in [0.15, 0.2) is 5.82 Å². The van der Waals surface area contributed by atoms with Gasteiger partial charge in [-0.15, -0.1) is 0 Å². The van der Waals surface area contributed by atoms with Crippen LogP contribution < -0.4 is 4.74 Å². The third-order valence-corrected chi connectivity index (χ3v) is 4.26. The third-order valence-electron chi connectivity index (χ3n) is 3.96. The maximum Gasteiger partial charge on any atom is 0.151 e. The molecule has 0 spiro atoms. The van der Waals surface area contributed by atoms with Gasteiger partial charge in [0.2, 0.25) is 0 Å². The van der Waals surface area contributed by atoms with Crippen molar-refractivity contribution in [3.63, 3.8) is 0 Å². The minimum atomic E-state index is 0.0491. The van der Waals surface area contributed by atoms with E-state index in [1.165, 1.54) is 0 Å². The van der Waals surface area contributed by atoms with Crippen LogP contribution in [0.3, 0.4) is 0 Å². The topological polar surface area (TPSA) is 50.8 Å². The Balaban J connectivity index is 2.04. The first-order valence-electron chi connectivity index (χ1n) is 8.57. The number of imidazole rings is 1. The van der Waals surface area contributed by atoms with E-state index in [9.17, 15) is 5.26 Å². The van der Waals surface area contributed by atoms with Gasteiger partial charge in [-0.3, -0.25) is 0 Å². The van der Waals surface area contributed by atoms with Crippen LogP contribution in [0.1, 0.15) is 32.2 Å². The minimum Gasteiger partial charge on any atom is -0.489 e. The second-order valence-corrected chi connectivity index (χ2v) is 6.60. The lowest BCUT2D eigenvalue weighted by atomic mass is 10.1. The molecule has 0 radical (unpaired) electrons. The van der Waals surface area contributed by atoms with Crippen molar-refractivity contribution in [3.05, 3.63) is 58.9 Å². The molecule has 1 heterocycles. The Morgan fingerprint density at radius 3 is 2.73 bits per heavy atom. The second-order valence-electron chi connectivity index (χ2n) is 6.19. The fraction of sp³-hybridized carbons (Fsp3) is 0.238. The highest BCUT2D eigenvalue weighted by atomic mass is 35.5. The van der Waals surface area contributed by atoms with E-state index < -0.39 is 0 Å². The molecule has 0 bridgehead atoms. The molecule has 0 aliphatic carbocycles. The second kappa shape index (κ2) is 7.63. The first-order valence-corrected chi connectivity index (χ1v) is 8.95. The van der Waals surface area contributed by atoms with Gasteiger partial charge in [-0.1, -0.05) is 29.8 Å². The van der Waals surface area contributed by atoms with Crippen molar-refractivity contribution in [2.45, 2.75) is 33.4 Å². The molecule has 5 heteroatoms. The zero-order valence-electron chi connectivity index (χ0n) is 15.0. The molecule has 0 fully saturated rings. The highest BCUT2D eigenvalue weighted by Crippen LogP contribution is 2.29. The maximum absolute atomic E-state index is 9.70. The van der Waals surface area contributed by atoms with E-state index in [0.29, 0.717) is 22.2 Å². The standard InChI is InChI=1S/C21H20ClN3O/c1-4-25-19-8-6-5-7-18(19)24-21(25)16(13-23)11-15-9-10-20(17(22)12-15)26-14(2)3/h5-12,14H,4H2,1-3H3/b16-11-. The summed E-state index contributed by atoms with van der Waals surface area (Å²) in [6.07, 6.45) is 1.85. The molecular weight excluding hydrogens is 346 g/mol. The van der Waals surface area contributed by atoms with Gasteiger partial charge >= 0.3 is 0 Å². The van der Waals surface area contributed by atoms with Crippen LogP contribution in [0.25, 0.3) is 22.7 Å². The van der Waals surface area contributed by atoms with E-state index in [2.05, 4.69) is 11.1 Å². The molecule has 132 valence electrons. The van der Waals surface area contributed by atoms with Crippen molar-refractivity contribution in [3.8, 4) is 11.8 Å². The van der Waals surface area contributed by atoms with Crippen molar-refractivity contribution in [1.82, 2.24) is 9.55 Å². The van der Waals surface area contributed by atoms with Crippen LogP contribution in [0.2, 0.25) is 5.02 Å². The van der Waals surface area contributed by atoms with Gasteiger partial charge in [0.1, 0.15) is 11.8 Å². The average molecular weight is 366 g/mol. The largest absolute Gasteiger partial charge is 0.489 e. The molecule has 1 aromatic heterocycles. The molecule has 0 aliphatic rings. The number of nitriles is 1. The summed E-state index contributed by atoms with van der Waals surface area (Å²) >= 11 is 6.31. The number of rotatable bonds is 5. The molecule has 26 heavy (non-hydrogen) atoms. The summed E-state index contributed by atoms with van der Waals surface area (Å²) in [6.45, 7) is 6.68. The molecule has 0 unspecified atom stereocenters. The number of fused-ring (bicyclic) bond motifs is 1. The van der Waals surface area contributed by atoms with Crippen LogP contribution in [0, 0.1) is 11.3 Å². The Morgan fingerprint density at radius 2 is 2.08 bits per heavy atom. The van der Waals surface area contributed by atoms with Crippen molar-refractivity contribution in [2.75, 3.05) is 0 Å². The predicted molar refractivity (Wildman–Crippen MR) is 106 cm³/mol. The Labute approximate surface area is 158 Å². The number of benzene rings is 2. The van der Waals surface area contributed by atoms with Crippen molar-refractivity contribution >= 4 is 34.3 Å². The van der Waals surface area contributed by atoms with Gasteiger partial charge in [-0.2, -0.15) is 5.26 Å². The quantitative estimate of drug-likeness (QED) is 0.556. The van der Waals surface area contributed by atoms with Crippen molar-refractivity contribution < 1.29 is 4.74 Å². The number of hydrogen-bond donors (Lipinski definition) is 0. The van der Waals surface area contributed by atoms with E-state index in [4.69, 9.17) is 16.3 Å². The monoisotopic (exact) mass is 365 g/mol. The van der Waals surface area contributed by atoms with Gasteiger partial charge in [0.25, 0.3) is 0 Å². The van der Waals surface area contributed by atoms with Crippen LogP contribution in [-0.4, -0.2) is 15.7 Å². The van der Waals surface area contributed by atoms with Gasteiger partial charge in [-0.05, 0) is 56.7 Å². The zero-order chi connectivity index (χ0) is 18.7. The first-order chi connectivity index (χ1) is 12.5. The average Bonchev–Trinajstić information content (AvgIpc) is 3.00. The number of allylic oxidation sites excluding steroid dienone is 1. The molecule has 2 aromatic carbocycles. The number of aromatic nitrogens is 2. The van der Waals surface area contributed by atoms with Crippen molar-refractivity contribution in [1.29, 1.82) is 5.26 Å². The first kappa shape index (κ1) is 18.0.